The van der Waals surface area contributed by atoms with E-state index in [1.165, 1.54) is 12.1 Å². The minimum atomic E-state index is -1.06. The summed E-state index contributed by atoms with van der Waals surface area (Å²) in [5.41, 5.74) is 0.791. The number of benzene rings is 1. The molecule has 0 aliphatic rings. The quantitative estimate of drug-likeness (QED) is 0.910. The molecular formula is C15H16FNO2S. The van der Waals surface area contributed by atoms with E-state index in [1.54, 1.807) is 23.5 Å². The monoisotopic (exact) mass is 293 g/mol. The van der Waals surface area contributed by atoms with Crippen molar-refractivity contribution in [2.75, 3.05) is 6.54 Å². The van der Waals surface area contributed by atoms with E-state index in [-0.39, 0.29) is 18.0 Å². The lowest BCUT2D eigenvalue weighted by molar-refractivity contribution is 0.0914. The molecule has 3 nitrogen and oxygen atoms in total. The van der Waals surface area contributed by atoms with Gasteiger partial charge in [-0.3, -0.25) is 4.79 Å². The summed E-state index contributed by atoms with van der Waals surface area (Å²) in [6.45, 7) is 3.79. The molecule has 0 saturated heterocycles. The first kappa shape index (κ1) is 14.7. The molecule has 0 fully saturated rings. The van der Waals surface area contributed by atoms with Gasteiger partial charge in [-0.15, -0.1) is 11.3 Å². The van der Waals surface area contributed by atoms with E-state index in [4.69, 9.17) is 0 Å². The molecule has 2 aromatic rings. The van der Waals surface area contributed by atoms with Gasteiger partial charge in [-0.1, -0.05) is 18.2 Å². The number of halogens is 1. The average Bonchev–Trinajstić information content (AvgIpc) is 2.75. The lowest BCUT2D eigenvalue weighted by atomic mass is 10.1. The van der Waals surface area contributed by atoms with Crippen molar-refractivity contribution in [3.63, 3.8) is 0 Å². The van der Waals surface area contributed by atoms with E-state index in [2.05, 4.69) is 5.32 Å². The molecule has 0 spiro atoms. The SMILES string of the molecule is Cc1cc(C(=O)NCC(O)c2ccccc2F)c(C)s1. The number of rotatable bonds is 4. The molecule has 0 bridgehead atoms. The average molecular weight is 293 g/mol. The number of amides is 1. The molecule has 1 unspecified atom stereocenters. The second-order valence-corrected chi connectivity index (χ2v) is 6.03. The minimum Gasteiger partial charge on any atom is -0.386 e. The summed E-state index contributed by atoms with van der Waals surface area (Å²) in [7, 11) is 0. The van der Waals surface area contributed by atoms with E-state index in [0.29, 0.717) is 5.56 Å². The first-order valence-electron chi connectivity index (χ1n) is 6.26. The lowest BCUT2D eigenvalue weighted by Crippen LogP contribution is -2.28. The summed E-state index contributed by atoms with van der Waals surface area (Å²) in [5, 5.41) is 12.5. The number of nitrogens with one attached hydrogen (secondary N) is 1. The van der Waals surface area contributed by atoms with Gasteiger partial charge in [-0.05, 0) is 26.0 Å². The van der Waals surface area contributed by atoms with Gasteiger partial charge in [0.05, 0.1) is 11.7 Å². The molecule has 0 saturated carbocycles. The van der Waals surface area contributed by atoms with Crippen molar-refractivity contribution >= 4 is 17.2 Å². The summed E-state index contributed by atoms with van der Waals surface area (Å²) in [4.78, 5) is 14.0. The Balaban J connectivity index is 2.00. The van der Waals surface area contributed by atoms with E-state index >= 15 is 0 Å². The van der Waals surface area contributed by atoms with Crippen LogP contribution in [-0.4, -0.2) is 17.6 Å². The van der Waals surface area contributed by atoms with Gasteiger partial charge in [0.15, 0.2) is 0 Å². The smallest absolute Gasteiger partial charge is 0.252 e. The van der Waals surface area contributed by atoms with Crippen molar-refractivity contribution in [3.8, 4) is 0 Å². The highest BCUT2D eigenvalue weighted by atomic mass is 32.1. The van der Waals surface area contributed by atoms with Crippen LogP contribution in [0.2, 0.25) is 0 Å². The van der Waals surface area contributed by atoms with Gasteiger partial charge in [-0.25, -0.2) is 4.39 Å². The topological polar surface area (TPSA) is 49.3 Å². The predicted molar refractivity (Wildman–Crippen MR) is 77.5 cm³/mol. The van der Waals surface area contributed by atoms with Crippen molar-refractivity contribution < 1.29 is 14.3 Å². The second-order valence-electron chi connectivity index (χ2n) is 4.57. The molecule has 2 N–H and O–H groups in total. The Labute approximate surface area is 121 Å². The van der Waals surface area contributed by atoms with Gasteiger partial charge in [0, 0.05) is 21.9 Å². The number of carbonyl (C=O) groups excluding carboxylic acids is 1. The van der Waals surface area contributed by atoms with E-state index < -0.39 is 11.9 Å². The van der Waals surface area contributed by atoms with Gasteiger partial charge >= 0.3 is 0 Å². The zero-order valence-corrected chi connectivity index (χ0v) is 12.1. The normalized spacial score (nSPS) is 12.2. The minimum absolute atomic E-state index is 0.0197. The van der Waals surface area contributed by atoms with E-state index in [1.807, 2.05) is 19.9 Å². The van der Waals surface area contributed by atoms with Gasteiger partial charge in [-0.2, -0.15) is 0 Å². The highest BCUT2D eigenvalue weighted by Crippen LogP contribution is 2.21. The summed E-state index contributed by atoms with van der Waals surface area (Å²) in [5.74, 6) is -0.723. The molecule has 0 aliphatic carbocycles. The van der Waals surface area contributed by atoms with Crippen LogP contribution in [0.15, 0.2) is 30.3 Å². The van der Waals surface area contributed by atoms with Crippen molar-refractivity contribution in [2.45, 2.75) is 20.0 Å². The Bertz CT molecular complexity index is 624. The summed E-state index contributed by atoms with van der Waals surface area (Å²) >= 11 is 1.55. The zero-order valence-electron chi connectivity index (χ0n) is 11.3. The number of aliphatic hydroxyl groups is 1. The van der Waals surface area contributed by atoms with E-state index in [0.717, 1.165) is 9.75 Å². The maximum absolute atomic E-state index is 13.5. The van der Waals surface area contributed by atoms with Crippen LogP contribution in [0.4, 0.5) is 4.39 Å². The molecule has 1 aromatic heterocycles. The molecule has 1 aromatic carbocycles. The number of aryl methyl sites for hydroxylation is 2. The Morgan fingerprint density at radius 2 is 2.10 bits per heavy atom. The van der Waals surface area contributed by atoms with Crippen molar-refractivity contribution in [2.24, 2.45) is 0 Å². The zero-order chi connectivity index (χ0) is 14.7. The standard InChI is InChI=1S/C15H16FNO2S/c1-9-7-12(10(2)20-9)15(19)17-8-14(18)11-5-3-4-6-13(11)16/h3-7,14,18H,8H2,1-2H3,(H,17,19). The van der Waals surface area contributed by atoms with Crippen LogP contribution < -0.4 is 5.32 Å². The Morgan fingerprint density at radius 1 is 1.40 bits per heavy atom. The number of carbonyl (C=O) groups is 1. The molecular weight excluding hydrogens is 277 g/mol. The molecule has 20 heavy (non-hydrogen) atoms. The molecule has 5 heteroatoms. The van der Waals surface area contributed by atoms with Crippen molar-refractivity contribution in [1.29, 1.82) is 0 Å². The molecule has 1 amide bonds. The highest BCUT2D eigenvalue weighted by molar-refractivity contribution is 7.12. The third-order valence-corrected chi connectivity index (χ3v) is 3.97. The number of hydrogen-bond acceptors (Lipinski definition) is 3. The second kappa shape index (κ2) is 6.15. The van der Waals surface area contributed by atoms with Crippen LogP contribution >= 0.6 is 11.3 Å². The van der Waals surface area contributed by atoms with Crippen LogP contribution in [-0.2, 0) is 0 Å². The maximum atomic E-state index is 13.5. The number of hydrogen-bond donors (Lipinski definition) is 2. The van der Waals surface area contributed by atoms with Crippen LogP contribution in [0, 0.1) is 19.7 Å². The highest BCUT2D eigenvalue weighted by Gasteiger charge is 2.16. The van der Waals surface area contributed by atoms with Crippen LogP contribution in [0.25, 0.3) is 0 Å². The van der Waals surface area contributed by atoms with Gasteiger partial charge in [0.2, 0.25) is 0 Å². The Hall–Kier alpha value is -1.72. The number of aliphatic hydroxyl groups excluding tert-OH is 1. The largest absolute Gasteiger partial charge is 0.386 e. The molecule has 1 heterocycles. The van der Waals surface area contributed by atoms with Crippen molar-refractivity contribution in [3.05, 3.63) is 57.0 Å². The van der Waals surface area contributed by atoms with Crippen LogP contribution in [0.5, 0.6) is 0 Å². The summed E-state index contributed by atoms with van der Waals surface area (Å²) < 4.78 is 13.5. The Morgan fingerprint density at radius 3 is 2.70 bits per heavy atom. The maximum Gasteiger partial charge on any atom is 0.252 e. The van der Waals surface area contributed by atoms with Gasteiger partial charge < -0.3 is 10.4 Å². The third-order valence-electron chi connectivity index (χ3n) is 3.01. The fourth-order valence-electron chi connectivity index (χ4n) is 2.00. The van der Waals surface area contributed by atoms with Crippen LogP contribution in [0.1, 0.15) is 31.8 Å². The van der Waals surface area contributed by atoms with Gasteiger partial charge in [0.1, 0.15) is 5.82 Å². The fourth-order valence-corrected chi connectivity index (χ4v) is 2.92. The molecule has 106 valence electrons. The molecule has 1 atom stereocenters. The first-order valence-corrected chi connectivity index (χ1v) is 7.08. The van der Waals surface area contributed by atoms with Gasteiger partial charge in [0.25, 0.3) is 5.91 Å². The summed E-state index contributed by atoms with van der Waals surface area (Å²) in [6.07, 6.45) is -1.06. The number of thiophene rings is 1. The van der Waals surface area contributed by atoms with Crippen LogP contribution in [0.3, 0.4) is 0 Å². The molecule has 0 radical (unpaired) electrons. The lowest BCUT2D eigenvalue weighted by Gasteiger charge is -2.12. The summed E-state index contributed by atoms with van der Waals surface area (Å²) in [6, 6.07) is 7.81. The van der Waals surface area contributed by atoms with Crippen molar-refractivity contribution in [1.82, 2.24) is 5.32 Å². The predicted octanol–water partition coefficient (Wildman–Crippen LogP) is 2.97. The third kappa shape index (κ3) is 3.23. The molecule has 0 aliphatic heterocycles. The first-order chi connectivity index (χ1) is 9.49. The fraction of sp³-hybridized carbons (Fsp3) is 0.267. The Kier molecular flexibility index (Phi) is 4.52. The van der Waals surface area contributed by atoms with E-state index in [9.17, 15) is 14.3 Å². The molecule has 2 rings (SSSR count).